The fourth-order valence-electron chi connectivity index (χ4n) is 3.76. The van der Waals surface area contributed by atoms with E-state index in [9.17, 15) is 24.9 Å². The maximum absolute atomic E-state index is 11.5. The third-order valence-electron chi connectivity index (χ3n) is 5.60. The first-order valence-electron chi connectivity index (χ1n) is 11.7. The Morgan fingerprint density at radius 2 is 1.44 bits per heavy atom. The number of carboxylic acid groups (broad SMARTS) is 1. The van der Waals surface area contributed by atoms with E-state index in [1.807, 2.05) is 0 Å². The Kier molecular flexibility index (Phi) is 19.1. The van der Waals surface area contributed by atoms with Crippen LogP contribution in [0.2, 0.25) is 0 Å². The van der Waals surface area contributed by atoms with Crippen molar-refractivity contribution in [3.63, 3.8) is 0 Å². The largest absolute Gasteiger partial charge is 1.00 e. The van der Waals surface area contributed by atoms with Gasteiger partial charge < -0.3 is 30.0 Å². The van der Waals surface area contributed by atoms with Crippen LogP contribution in [0.4, 0.5) is 0 Å². The fraction of sp³-hybridized carbons (Fsp3) is 0.750. The Morgan fingerprint density at radius 3 is 1.97 bits per heavy atom. The van der Waals surface area contributed by atoms with E-state index in [1.165, 1.54) is 12.8 Å². The maximum Gasteiger partial charge on any atom is 1.00 e. The van der Waals surface area contributed by atoms with Gasteiger partial charge in [0.25, 0.3) is 0 Å². The van der Waals surface area contributed by atoms with Crippen LogP contribution >= 0.6 is 0 Å². The van der Waals surface area contributed by atoms with Crippen LogP contribution in [-0.4, -0.2) is 46.1 Å². The van der Waals surface area contributed by atoms with Crippen molar-refractivity contribution in [1.82, 2.24) is 0 Å². The molecule has 0 saturated heterocycles. The number of hydrogen-bond acceptors (Lipinski definition) is 7. The molecule has 1 aliphatic rings. The average molecular weight is 463 g/mol. The van der Waals surface area contributed by atoms with E-state index >= 15 is 0 Å². The molecule has 2 atom stereocenters. The molecule has 0 spiro atoms. The summed E-state index contributed by atoms with van der Waals surface area (Å²) in [4.78, 5) is 21.8. The van der Waals surface area contributed by atoms with Crippen molar-refractivity contribution >= 4 is 11.9 Å². The number of ether oxygens (including phenoxy) is 1. The molecule has 3 N–H and O–H groups in total. The van der Waals surface area contributed by atoms with Crippen LogP contribution in [0.1, 0.15) is 96.3 Å². The van der Waals surface area contributed by atoms with Crippen molar-refractivity contribution in [2.24, 2.45) is 0 Å². The fourth-order valence-corrected chi connectivity index (χ4v) is 3.76. The standard InChI is InChI=1S/C24H40O7.Na/c25-18-20(26)23-19(22(29)24(30)31-23)16-14-12-10-8-6-4-2-1-3-5-7-9-11-13-15-17-21(27)28;/h1,3,20,23,25-26,29H,2,4-18H2,(H,27,28);/q;+1/p-1/b3-1-;. The molecule has 0 aliphatic carbocycles. The molecule has 1 rings (SSSR count). The van der Waals surface area contributed by atoms with Gasteiger partial charge in [-0.2, -0.15) is 0 Å². The minimum Gasteiger partial charge on any atom is -0.550 e. The molecule has 0 aromatic carbocycles. The second kappa shape index (κ2) is 19.6. The maximum atomic E-state index is 11.5. The van der Waals surface area contributed by atoms with Crippen molar-refractivity contribution in [2.75, 3.05) is 6.61 Å². The number of esters is 1. The smallest absolute Gasteiger partial charge is 0.550 e. The van der Waals surface area contributed by atoms with Crippen LogP contribution < -0.4 is 34.7 Å². The molecule has 0 radical (unpaired) electrons. The van der Waals surface area contributed by atoms with Crippen molar-refractivity contribution in [1.29, 1.82) is 0 Å². The third-order valence-corrected chi connectivity index (χ3v) is 5.60. The summed E-state index contributed by atoms with van der Waals surface area (Å²) >= 11 is 0. The normalized spacial score (nSPS) is 16.9. The zero-order valence-electron chi connectivity index (χ0n) is 19.6. The SMILES string of the molecule is O=C([O-])CCCCCCC/C=C\CCCCCCCCC1=C(O)C(=O)OC1C(O)CO.[Na+]. The number of rotatable bonds is 19. The second-order valence-corrected chi connectivity index (χ2v) is 8.26. The summed E-state index contributed by atoms with van der Waals surface area (Å²) < 4.78 is 4.93. The van der Waals surface area contributed by atoms with Crippen LogP contribution in [0.5, 0.6) is 0 Å². The molecule has 7 nitrogen and oxygen atoms in total. The van der Waals surface area contributed by atoms with E-state index in [-0.39, 0.29) is 36.0 Å². The summed E-state index contributed by atoms with van der Waals surface area (Å²) in [7, 11) is 0. The molecular weight excluding hydrogens is 423 g/mol. The molecule has 0 saturated carbocycles. The number of carboxylic acids is 1. The summed E-state index contributed by atoms with van der Waals surface area (Å²) in [5, 5.41) is 38.9. The minimum absolute atomic E-state index is 0. The number of aliphatic hydroxyl groups is 3. The number of carbonyl (C=O) groups excluding carboxylic acids is 2. The van der Waals surface area contributed by atoms with Gasteiger partial charge in [-0.3, -0.25) is 0 Å². The molecule has 0 amide bonds. The molecule has 1 heterocycles. The van der Waals surface area contributed by atoms with Crippen molar-refractivity contribution in [2.45, 2.75) is 109 Å². The number of hydrogen-bond donors (Lipinski definition) is 3. The van der Waals surface area contributed by atoms with Gasteiger partial charge in [0, 0.05) is 11.5 Å². The van der Waals surface area contributed by atoms with Crippen LogP contribution in [0.25, 0.3) is 0 Å². The van der Waals surface area contributed by atoms with E-state index in [0.29, 0.717) is 12.0 Å². The number of unbranched alkanes of at least 4 members (excludes halogenated alkanes) is 11. The van der Waals surface area contributed by atoms with Crippen LogP contribution in [0.3, 0.4) is 0 Å². The number of allylic oxidation sites excluding steroid dienone is 2. The predicted octanol–water partition coefficient (Wildman–Crippen LogP) is 0.239. The van der Waals surface area contributed by atoms with Gasteiger partial charge in [0.05, 0.1) is 6.61 Å². The van der Waals surface area contributed by atoms with Gasteiger partial charge in [-0.25, -0.2) is 4.79 Å². The van der Waals surface area contributed by atoms with Gasteiger partial charge in [0.2, 0.25) is 5.76 Å². The summed E-state index contributed by atoms with van der Waals surface area (Å²) in [5.74, 6) is -2.19. The summed E-state index contributed by atoms with van der Waals surface area (Å²) in [6.45, 7) is -0.518. The molecule has 0 aromatic heterocycles. The molecule has 0 bridgehead atoms. The van der Waals surface area contributed by atoms with Crippen LogP contribution in [0, 0.1) is 0 Å². The molecule has 178 valence electrons. The molecule has 0 aromatic rings. The Hall–Kier alpha value is -0.860. The first kappa shape index (κ1) is 31.1. The Morgan fingerprint density at radius 1 is 0.938 bits per heavy atom. The van der Waals surface area contributed by atoms with Crippen molar-refractivity contribution in [3.05, 3.63) is 23.5 Å². The monoisotopic (exact) mass is 462 g/mol. The second-order valence-electron chi connectivity index (χ2n) is 8.26. The first-order chi connectivity index (χ1) is 15.0. The van der Waals surface area contributed by atoms with Crippen LogP contribution in [0.15, 0.2) is 23.5 Å². The minimum atomic E-state index is -1.20. The summed E-state index contributed by atoms with van der Waals surface area (Å²) in [6, 6.07) is 0. The van der Waals surface area contributed by atoms with Crippen molar-refractivity contribution in [3.8, 4) is 0 Å². The van der Waals surface area contributed by atoms with E-state index in [0.717, 1.165) is 70.6 Å². The van der Waals surface area contributed by atoms with Gasteiger partial charge in [-0.05, 0) is 51.4 Å². The van der Waals surface area contributed by atoms with E-state index < -0.39 is 36.5 Å². The van der Waals surface area contributed by atoms with E-state index in [4.69, 9.17) is 9.84 Å². The molecule has 1 aliphatic heterocycles. The number of carbonyl (C=O) groups is 2. The topological polar surface area (TPSA) is 127 Å². The number of aliphatic hydroxyl groups excluding tert-OH is 3. The Balaban J connectivity index is 0.00000961. The van der Waals surface area contributed by atoms with Gasteiger partial charge in [-0.1, -0.05) is 57.1 Å². The number of aliphatic carboxylic acids is 1. The molecule has 8 heteroatoms. The van der Waals surface area contributed by atoms with Gasteiger partial charge >= 0.3 is 35.5 Å². The summed E-state index contributed by atoms with van der Waals surface area (Å²) in [6.07, 6.45) is 16.6. The zero-order valence-corrected chi connectivity index (χ0v) is 21.6. The number of cyclic esters (lactones) is 1. The Bertz CT molecular complexity index is 589. The van der Waals surface area contributed by atoms with Gasteiger partial charge in [-0.15, -0.1) is 0 Å². The summed E-state index contributed by atoms with van der Waals surface area (Å²) in [5.41, 5.74) is 0.397. The molecular formula is C24H39NaO7. The predicted molar refractivity (Wildman–Crippen MR) is 116 cm³/mol. The van der Waals surface area contributed by atoms with E-state index in [2.05, 4.69) is 12.2 Å². The quantitative estimate of drug-likeness (QED) is 0.109. The zero-order chi connectivity index (χ0) is 22.9. The van der Waals surface area contributed by atoms with Crippen LogP contribution in [-0.2, 0) is 14.3 Å². The van der Waals surface area contributed by atoms with Gasteiger partial charge in [0.1, 0.15) is 6.10 Å². The van der Waals surface area contributed by atoms with Gasteiger partial charge in [0.15, 0.2) is 6.10 Å². The molecule has 2 unspecified atom stereocenters. The Labute approximate surface area is 214 Å². The first-order valence-corrected chi connectivity index (χ1v) is 11.7. The van der Waals surface area contributed by atoms with Crippen molar-refractivity contribution < 1.29 is 64.3 Å². The molecule has 0 fully saturated rings. The molecule has 32 heavy (non-hydrogen) atoms. The average Bonchev–Trinajstić information content (AvgIpc) is 3.03. The third kappa shape index (κ3) is 13.6. The van der Waals surface area contributed by atoms with E-state index in [1.54, 1.807) is 0 Å².